The van der Waals surface area contributed by atoms with Crippen molar-refractivity contribution in [3.8, 4) is 0 Å². The lowest BCUT2D eigenvalue weighted by molar-refractivity contribution is 0.531. The van der Waals surface area contributed by atoms with Gasteiger partial charge in [0, 0.05) is 0 Å². The Morgan fingerprint density at radius 3 is 0.826 bits per heavy atom. The maximum absolute atomic E-state index is 3.96. The smallest absolute Gasteiger partial charge is 0.0621 e. The van der Waals surface area contributed by atoms with E-state index in [1.807, 2.05) is 0 Å². The Hall–Kier alpha value is -1.20. The molecular formula is C17H34N6. The van der Waals surface area contributed by atoms with Crippen LogP contribution in [0.5, 0.6) is 0 Å². The van der Waals surface area contributed by atoms with Crippen LogP contribution >= 0.6 is 0 Å². The van der Waals surface area contributed by atoms with E-state index in [0.29, 0.717) is 0 Å². The minimum Gasteiger partial charge on any atom is -0.167 e. The molecule has 0 aromatic heterocycles. The lowest BCUT2D eigenvalue weighted by atomic mass is 10.0. The Labute approximate surface area is 141 Å². The third-order valence-corrected chi connectivity index (χ3v) is 4.26. The van der Waals surface area contributed by atoms with Gasteiger partial charge in [-0.25, -0.2) is 0 Å². The van der Waals surface area contributed by atoms with Crippen LogP contribution < -0.4 is 0 Å². The average molecular weight is 323 g/mol. The number of hydrogen-bond donors (Lipinski definition) is 0. The molecule has 0 saturated heterocycles. The standard InChI is InChI=1S/C17H34N6/c1-2-4-6-8-10-12-14-16-18-20-22-23-21-19-17-15-13-11-9-7-5-3-1/h1-17H2. The van der Waals surface area contributed by atoms with Gasteiger partial charge in [-0.3, -0.25) is 0 Å². The summed E-state index contributed by atoms with van der Waals surface area (Å²) in [6, 6.07) is 0. The van der Waals surface area contributed by atoms with Crippen molar-refractivity contribution in [3.63, 3.8) is 0 Å². The second kappa shape index (κ2) is 17.2. The van der Waals surface area contributed by atoms with Crippen molar-refractivity contribution >= 4 is 0 Å². The molecule has 6 nitrogen and oxygen atoms in total. The van der Waals surface area contributed by atoms with E-state index in [-0.39, 0.29) is 0 Å². The van der Waals surface area contributed by atoms with Crippen molar-refractivity contribution < 1.29 is 0 Å². The van der Waals surface area contributed by atoms with E-state index in [2.05, 4.69) is 31.1 Å². The number of rotatable bonds is 0. The summed E-state index contributed by atoms with van der Waals surface area (Å²) < 4.78 is 0. The molecule has 0 saturated carbocycles. The summed E-state index contributed by atoms with van der Waals surface area (Å²) in [6.07, 6.45) is 19.8. The maximum atomic E-state index is 3.96. The molecule has 0 N–H and O–H groups in total. The summed E-state index contributed by atoms with van der Waals surface area (Å²) in [5, 5.41) is 22.2. The van der Waals surface area contributed by atoms with E-state index in [1.54, 1.807) is 0 Å². The quantitative estimate of drug-likeness (QED) is 0.458. The minimum absolute atomic E-state index is 0.732. The van der Waals surface area contributed by atoms with Gasteiger partial charge in [-0.2, -0.15) is 10.2 Å². The maximum Gasteiger partial charge on any atom is 0.0621 e. The second-order valence-electron chi connectivity index (χ2n) is 6.39. The Morgan fingerprint density at radius 2 is 0.522 bits per heavy atom. The molecule has 0 bridgehead atoms. The van der Waals surface area contributed by atoms with Gasteiger partial charge >= 0.3 is 0 Å². The van der Waals surface area contributed by atoms with Crippen molar-refractivity contribution in [2.75, 3.05) is 13.1 Å². The van der Waals surface area contributed by atoms with Gasteiger partial charge < -0.3 is 0 Å². The van der Waals surface area contributed by atoms with Crippen LogP contribution in [0.15, 0.2) is 31.1 Å². The fourth-order valence-corrected chi connectivity index (χ4v) is 2.84. The molecule has 132 valence electrons. The summed E-state index contributed by atoms with van der Waals surface area (Å²) in [5.74, 6) is 0. The monoisotopic (exact) mass is 322 g/mol. The molecule has 1 heterocycles. The fraction of sp³-hybridized carbons (Fsp3) is 1.00. The van der Waals surface area contributed by atoms with Gasteiger partial charge in [0.2, 0.25) is 0 Å². The third-order valence-electron chi connectivity index (χ3n) is 4.26. The van der Waals surface area contributed by atoms with Crippen LogP contribution in [0.3, 0.4) is 0 Å². The van der Waals surface area contributed by atoms with E-state index < -0.39 is 0 Å². The minimum atomic E-state index is 0.732. The van der Waals surface area contributed by atoms with Crippen molar-refractivity contribution in [3.05, 3.63) is 0 Å². The highest BCUT2D eigenvalue weighted by Crippen LogP contribution is 2.13. The molecule has 0 aromatic rings. The van der Waals surface area contributed by atoms with Gasteiger partial charge in [0.15, 0.2) is 0 Å². The number of hydrogen-bond acceptors (Lipinski definition) is 6. The number of nitrogens with zero attached hydrogens (tertiary/aromatic N) is 6. The van der Waals surface area contributed by atoms with Gasteiger partial charge in [-0.1, -0.05) is 83.5 Å². The molecule has 23 heavy (non-hydrogen) atoms. The van der Waals surface area contributed by atoms with Crippen molar-refractivity contribution in [2.24, 2.45) is 31.1 Å². The van der Waals surface area contributed by atoms with Crippen LogP contribution in [0, 0.1) is 0 Å². The zero-order chi connectivity index (χ0) is 16.3. The molecule has 1 aliphatic rings. The summed E-state index contributed by atoms with van der Waals surface area (Å²) in [7, 11) is 0. The Kier molecular flexibility index (Phi) is 14.8. The Morgan fingerprint density at radius 1 is 0.261 bits per heavy atom. The molecule has 0 atom stereocenters. The van der Waals surface area contributed by atoms with Crippen LogP contribution in [0.25, 0.3) is 0 Å². The fourth-order valence-electron chi connectivity index (χ4n) is 2.84. The molecule has 0 aromatic carbocycles. The predicted molar refractivity (Wildman–Crippen MR) is 93.6 cm³/mol. The highest BCUT2D eigenvalue weighted by molar-refractivity contribution is 4.51. The first-order valence-corrected chi connectivity index (χ1v) is 9.63. The van der Waals surface area contributed by atoms with Gasteiger partial charge in [0.05, 0.1) is 13.1 Å². The molecule has 0 spiro atoms. The normalized spacial score (nSPS) is 21.9. The molecule has 1 rings (SSSR count). The molecule has 0 unspecified atom stereocenters. The van der Waals surface area contributed by atoms with Gasteiger partial charge in [-0.15, -0.1) is 0 Å². The summed E-state index contributed by atoms with van der Waals surface area (Å²) in [6.45, 7) is 1.46. The second-order valence-corrected chi connectivity index (χ2v) is 6.39. The molecule has 0 aliphatic carbocycles. The topological polar surface area (TPSA) is 74.2 Å². The van der Waals surface area contributed by atoms with E-state index in [0.717, 1.165) is 25.9 Å². The van der Waals surface area contributed by atoms with E-state index in [9.17, 15) is 0 Å². The van der Waals surface area contributed by atoms with Crippen molar-refractivity contribution in [1.82, 2.24) is 0 Å². The van der Waals surface area contributed by atoms with Gasteiger partial charge in [0.1, 0.15) is 0 Å². The zero-order valence-corrected chi connectivity index (χ0v) is 14.7. The van der Waals surface area contributed by atoms with Gasteiger partial charge in [-0.05, 0) is 33.7 Å². The summed E-state index contributed by atoms with van der Waals surface area (Å²) in [4.78, 5) is 0. The Balaban J connectivity index is 2.15. The van der Waals surface area contributed by atoms with Crippen LogP contribution in [0.4, 0.5) is 0 Å². The SMILES string of the molecule is C1CCCCCCCCN=NN=NN=NCCCCCCCC1. The largest absolute Gasteiger partial charge is 0.167 e. The first-order chi connectivity index (χ1) is 11.5. The average Bonchev–Trinajstić information content (AvgIpc) is 2.56. The van der Waals surface area contributed by atoms with Crippen molar-refractivity contribution in [2.45, 2.75) is 96.3 Å². The van der Waals surface area contributed by atoms with Crippen LogP contribution in [0.1, 0.15) is 96.3 Å². The van der Waals surface area contributed by atoms with Crippen LogP contribution in [-0.4, -0.2) is 13.1 Å². The van der Waals surface area contributed by atoms with Crippen molar-refractivity contribution in [1.29, 1.82) is 0 Å². The lowest BCUT2D eigenvalue weighted by Crippen LogP contribution is -1.85. The first kappa shape index (κ1) is 19.8. The zero-order valence-electron chi connectivity index (χ0n) is 14.7. The van der Waals surface area contributed by atoms with E-state index >= 15 is 0 Å². The molecule has 0 fully saturated rings. The first-order valence-electron chi connectivity index (χ1n) is 9.63. The van der Waals surface area contributed by atoms with Crippen LogP contribution in [-0.2, 0) is 0 Å². The molecule has 6 heteroatoms. The molecule has 1 aliphatic heterocycles. The third kappa shape index (κ3) is 15.5. The van der Waals surface area contributed by atoms with Gasteiger partial charge in [0.25, 0.3) is 0 Å². The lowest BCUT2D eigenvalue weighted by Gasteiger charge is -2.03. The predicted octanol–water partition coefficient (Wildman–Crippen LogP) is 7.04. The molecule has 0 amide bonds. The highest BCUT2D eigenvalue weighted by Gasteiger charge is 1.95. The van der Waals surface area contributed by atoms with E-state index in [4.69, 9.17) is 0 Å². The van der Waals surface area contributed by atoms with E-state index in [1.165, 1.54) is 83.5 Å². The summed E-state index contributed by atoms with van der Waals surface area (Å²) >= 11 is 0. The highest BCUT2D eigenvalue weighted by atomic mass is 15.6. The Bertz CT molecular complexity index is 297. The molecular weight excluding hydrogens is 288 g/mol. The summed E-state index contributed by atoms with van der Waals surface area (Å²) in [5.41, 5.74) is 0. The molecule has 0 radical (unpaired) electrons. The van der Waals surface area contributed by atoms with Crippen LogP contribution in [0.2, 0.25) is 0 Å².